The fraction of sp³-hybridized carbons (Fsp3) is 0.471. The monoisotopic (exact) mass is 335 g/mol. The van der Waals surface area contributed by atoms with Gasteiger partial charge < -0.3 is 10.6 Å². The minimum absolute atomic E-state index is 0.143. The van der Waals surface area contributed by atoms with E-state index in [-0.39, 0.29) is 18.2 Å². The highest BCUT2D eigenvalue weighted by Gasteiger charge is 2.28. The Morgan fingerprint density at radius 1 is 1.08 bits per heavy atom. The first kappa shape index (κ1) is 19.6. The van der Waals surface area contributed by atoms with Crippen molar-refractivity contribution in [3.63, 3.8) is 0 Å². The molecular weight excluding hydrogens is 310 g/mol. The smallest absolute Gasteiger partial charge is 0.246 e. The Kier molecular flexibility index (Phi) is 7.91. The Bertz CT molecular complexity index is 560. The van der Waals surface area contributed by atoms with Crippen LogP contribution >= 0.6 is 0 Å². The third-order valence-corrected chi connectivity index (χ3v) is 3.61. The van der Waals surface area contributed by atoms with Crippen LogP contribution in [-0.2, 0) is 14.4 Å². The zero-order valence-corrected chi connectivity index (χ0v) is 14.2. The van der Waals surface area contributed by atoms with E-state index >= 15 is 0 Å². The van der Waals surface area contributed by atoms with E-state index in [1.165, 1.54) is 7.05 Å². The van der Waals surface area contributed by atoms with E-state index in [0.29, 0.717) is 12.0 Å². The van der Waals surface area contributed by atoms with Crippen LogP contribution in [0.5, 0.6) is 0 Å². The molecule has 2 unspecified atom stereocenters. The number of hydrogen-bond donors (Lipinski definition) is 4. The Labute approximate surface area is 141 Å². The topological polar surface area (TPSA) is 108 Å². The van der Waals surface area contributed by atoms with Crippen LogP contribution in [0, 0.1) is 11.8 Å². The molecule has 0 bridgehead atoms. The van der Waals surface area contributed by atoms with Crippen molar-refractivity contribution in [2.45, 2.75) is 32.7 Å². The Morgan fingerprint density at radius 2 is 1.71 bits per heavy atom. The summed E-state index contributed by atoms with van der Waals surface area (Å²) in [6.45, 7) is 3.87. The highest BCUT2D eigenvalue weighted by Crippen LogP contribution is 2.19. The van der Waals surface area contributed by atoms with Crippen LogP contribution in [0.3, 0.4) is 0 Å². The molecule has 3 amide bonds. The quantitative estimate of drug-likeness (QED) is 0.422. The van der Waals surface area contributed by atoms with E-state index in [9.17, 15) is 14.4 Å². The van der Waals surface area contributed by atoms with Gasteiger partial charge in [-0.05, 0) is 17.9 Å². The molecule has 0 saturated heterocycles. The third kappa shape index (κ3) is 6.00. The lowest BCUT2D eigenvalue weighted by Gasteiger charge is -2.22. The van der Waals surface area contributed by atoms with Gasteiger partial charge in [0.05, 0.1) is 0 Å². The summed E-state index contributed by atoms with van der Waals surface area (Å²) in [4.78, 5) is 36.1. The number of hydroxylamine groups is 1. The van der Waals surface area contributed by atoms with Gasteiger partial charge in [-0.3, -0.25) is 19.6 Å². The molecule has 1 aromatic rings. The van der Waals surface area contributed by atoms with E-state index in [2.05, 4.69) is 10.6 Å². The van der Waals surface area contributed by atoms with E-state index in [1.807, 2.05) is 19.9 Å². The van der Waals surface area contributed by atoms with Crippen LogP contribution in [0.4, 0.5) is 0 Å². The zero-order valence-electron chi connectivity index (χ0n) is 14.2. The molecule has 0 radical (unpaired) electrons. The SMILES string of the molecule is CNC(=O)C(NC(=O)C(CC(=O)NO)CC(C)C)c1ccccc1. The fourth-order valence-corrected chi connectivity index (χ4v) is 2.47. The maximum atomic E-state index is 12.6. The van der Waals surface area contributed by atoms with Gasteiger partial charge in [0.25, 0.3) is 0 Å². The van der Waals surface area contributed by atoms with Crippen molar-refractivity contribution in [1.29, 1.82) is 0 Å². The van der Waals surface area contributed by atoms with Gasteiger partial charge in [0, 0.05) is 19.4 Å². The van der Waals surface area contributed by atoms with Crippen molar-refractivity contribution in [2.75, 3.05) is 7.05 Å². The lowest BCUT2D eigenvalue weighted by Crippen LogP contribution is -2.42. The second-order valence-corrected chi connectivity index (χ2v) is 6.03. The van der Waals surface area contributed by atoms with Crippen molar-refractivity contribution >= 4 is 17.7 Å². The van der Waals surface area contributed by atoms with Crippen LogP contribution in [0.2, 0.25) is 0 Å². The number of likely N-dealkylation sites (N-methyl/N-ethyl adjacent to an activating group) is 1. The van der Waals surface area contributed by atoms with Gasteiger partial charge in [-0.1, -0.05) is 44.2 Å². The summed E-state index contributed by atoms with van der Waals surface area (Å²) < 4.78 is 0. The second-order valence-electron chi connectivity index (χ2n) is 6.03. The molecule has 7 nitrogen and oxygen atoms in total. The minimum Gasteiger partial charge on any atom is -0.357 e. The molecule has 24 heavy (non-hydrogen) atoms. The van der Waals surface area contributed by atoms with Crippen LogP contribution in [0.1, 0.15) is 38.3 Å². The summed E-state index contributed by atoms with van der Waals surface area (Å²) in [7, 11) is 1.50. The molecule has 0 aromatic heterocycles. The fourth-order valence-electron chi connectivity index (χ4n) is 2.47. The molecule has 1 aromatic carbocycles. The maximum absolute atomic E-state index is 12.6. The lowest BCUT2D eigenvalue weighted by molar-refractivity contribution is -0.136. The number of benzene rings is 1. The number of carbonyl (C=O) groups excluding carboxylic acids is 3. The molecule has 0 fully saturated rings. The Morgan fingerprint density at radius 3 is 2.21 bits per heavy atom. The molecule has 132 valence electrons. The molecule has 0 aliphatic heterocycles. The molecule has 2 atom stereocenters. The highest BCUT2D eigenvalue weighted by atomic mass is 16.5. The summed E-state index contributed by atoms with van der Waals surface area (Å²) in [5, 5.41) is 13.9. The summed E-state index contributed by atoms with van der Waals surface area (Å²) in [5.41, 5.74) is 2.20. The van der Waals surface area contributed by atoms with Gasteiger partial charge >= 0.3 is 0 Å². The third-order valence-electron chi connectivity index (χ3n) is 3.61. The first-order chi connectivity index (χ1) is 11.4. The van der Waals surface area contributed by atoms with Crippen molar-refractivity contribution in [3.05, 3.63) is 35.9 Å². The first-order valence-corrected chi connectivity index (χ1v) is 7.88. The summed E-state index contributed by atoms with van der Waals surface area (Å²) >= 11 is 0. The average Bonchev–Trinajstić information content (AvgIpc) is 2.58. The summed E-state index contributed by atoms with van der Waals surface area (Å²) in [6, 6.07) is 8.04. The van der Waals surface area contributed by atoms with Crippen molar-refractivity contribution in [1.82, 2.24) is 16.1 Å². The van der Waals surface area contributed by atoms with Gasteiger partial charge in [-0.2, -0.15) is 0 Å². The van der Waals surface area contributed by atoms with E-state index in [1.54, 1.807) is 29.7 Å². The molecule has 7 heteroatoms. The maximum Gasteiger partial charge on any atom is 0.246 e. The Hall–Kier alpha value is -2.41. The van der Waals surface area contributed by atoms with Crippen LogP contribution in [-0.4, -0.2) is 30.0 Å². The van der Waals surface area contributed by atoms with Gasteiger partial charge in [0.2, 0.25) is 17.7 Å². The summed E-state index contributed by atoms with van der Waals surface area (Å²) in [6.07, 6.45) is 0.324. The number of carbonyl (C=O) groups is 3. The molecule has 0 aliphatic rings. The van der Waals surface area contributed by atoms with Crippen LogP contribution < -0.4 is 16.1 Å². The average molecular weight is 335 g/mol. The van der Waals surface area contributed by atoms with Crippen molar-refractivity contribution < 1.29 is 19.6 Å². The first-order valence-electron chi connectivity index (χ1n) is 7.88. The largest absolute Gasteiger partial charge is 0.357 e. The minimum atomic E-state index is -0.837. The second kappa shape index (κ2) is 9.67. The zero-order chi connectivity index (χ0) is 18.1. The lowest BCUT2D eigenvalue weighted by atomic mass is 9.92. The van der Waals surface area contributed by atoms with Crippen molar-refractivity contribution in [2.24, 2.45) is 11.8 Å². The Balaban J connectivity index is 2.94. The number of rotatable bonds is 8. The number of nitrogens with one attached hydrogen (secondary N) is 3. The molecule has 0 aliphatic carbocycles. The standard InChI is InChI=1S/C17H25N3O4/c1-11(2)9-13(10-14(21)20-24)16(22)19-15(17(23)18-3)12-7-5-4-6-8-12/h4-8,11,13,15,24H,9-10H2,1-3H3,(H,18,23)(H,19,22)(H,20,21). The molecule has 0 saturated carbocycles. The van der Waals surface area contributed by atoms with Crippen LogP contribution in [0.15, 0.2) is 30.3 Å². The van der Waals surface area contributed by atoms with Gasteiger partial charge in [-0.15, -0.1) is 0 Å². The molecule has 0 heterocycles. The van der Waals surface area contributed by atoms with Crippen molar-refractivity contribution in [3.8, 4) is 0 Å². The van der Waals surface area contributed by atoms with Gasteiger partial charge in [0.1, 0.15) is 6.04 Å². The van der Waals surface area contributed by atoms with Crippen LogP contribution in [0.25, 0.3) is 0 Å². The number of hydrogen-bond acceptors (Lipinski definition) is 4. The summed E-state index contributed by atoms with van der Waals surface area (Å²) in [5.74, 6) is -1.82. The number of amides is 3. The molecule has 1 rings (SSSR count). The van der Waals surface area contributed by atoms with E-state index < -0.39 is 23.8 Å². The molecule has 4 N–H and O–H groups in total. The predicted octanol–water partition coefficient (Wildman–Crippen LogP) is 1.15. The molecular formula is C17H25N3O4. The highest BCUT2D eigenvalue weighted by molar-refractivity contribution is 5.91. The van der Waals surface area contributed by atoms with E-state index in [0.717, 1.165) is 0 Å². The molecule has 0 spiro atoms. The van der Waals surface area contributed by atoms with E-state index in [4.69, 9.17) is 5.21 Å². The van der Waals surface area contributed by atoms with Gasteiger partial charge in [-0.25, -0.2) is 5.48 Å². The van der Waals surface area contributed by atoms with Gasteiger partial charge in [0.15, 0.2) is 0 Å². The normalized spacial score (nSPS) is 13.0. The predicted molar refractivity (Wildman–Crippen MR) is 88.9 cm³/mol.